The summed E-state index contributed by atoms with van der Waals surface area (Å²) in [5, 5.41) is 3.67. The minimum atomic E-state index is -3.96. The van der Waals surface area contributed by atoms with Crippen LogP contribution in [0, 0.1) is 18.3 Å². The average Bonchev–Trinajstić information content (AvgIpc) is 4.06. The Morgan fingerprint density at radius 3 is 2.50 bits per heavy atom. The summed E-state index contributed by atoms with van der Waals surface area (Å²) in [6, 6.07) is 3.06. The van der Waals surface area contributed by atoms with Crippen LogP contribution in [0.1, 0.15) is 90.5 Å². The Labute approximate surface area is 340 Å². The monoisotopic (exact) mass is 823 g/mol. The predicted octanol–water partition coefficient (Wildman–Crippen LogP) is 4.58. The molecule has 1 aromatic heterocycles. The molecule has 16 heteroatoms. The molecule has 15 nitrogen and oxygen atoms in total. The SMILES string of the molecule is CCOc1cc(O[C@@H]2C[C@H]3C(=O)C[C@]4(C(=O)NS(=O)(=O)C5(C)CC5)C[C@@H]4/C=C\CCCCC[C@H](NC(=O)N4CC(C)(OC)C4)C(=O)N3C2)c2ccc(OC)c(C)c2n1. The van der Waals surface area contributed by atoms with E-state index in [-0.39, 0.29) is 37.1 Å². The largest absolute Gasteiger partial charge is 0.496 e. The summed E-state index contributed by atoms with van der Waals surface area (Å²) >= 11 is 0. The van der Waals surface area contributed by atoms with E-state index in [0.717, 1.165) is 24.8 Å². The number of likely N-dealkylation sites (tertiary alicyclic amines) is 1. The van der Waals surface area contributed by atoms with Gasteiger partial charge in [-0.05, 0) is 84.3 Å². The van der Waals surface area contributed by atoms with Crippen molar-refractivity contribution in [1.29, 1.82) is 0 Å². The van der Waals surface area contributed by atoms with Crippen LogP contribution < -0.4 is 24.2 Å². The maximum Gasteiger partial charge on any atom is 0.318 e. The van der Waals surface area contributed by atoms with Crippen molar-refractivity contribution in [2.45, 2.75) is 120 Å². The topological polar surface area (TPSA) is 183 Å². The van der Waals surface area contributed by atoms with Crippen LogP contribution in [0.4, 0.5) is 4.79 Å². The lowest BCUT2D eigenvalue weighted by molar-refractivity contribution is -0.140. The molecule has 0 radical (unpaired) electrons. The number of hydrogen-bond donors (Lipinski definition) is 2. The Hall–Kier alpha value is -4.44. The Morgan fingerprint density at radius 2 is 1.81 bits per heavy atom. The van der Waals surface area contributed by atoms with Crippen LogP contribution in [0.3, 0.4) is 0 Å². The summed E-state index contributed by atoms with van der Waals surface area (Å²) in [5.41, 5.74) is -0.329. The highest BCUT2D eigenvalue weighted by atomic mass is 32.2. The summed E-state index contributed by atoms with van der Waals surface area (Å²) in [7, 11) is -0.773. The van der Waals surface area contributed by atoms with Crippen LogP contribution in [0.5, 0.6) is 17.4 Å². The molecule has 0 spiro atoms. The van der Waals surface area contributed by atoms with Gasteiger partial charge in [-0.25, -0.2) is 18.2 Å². The third-order valence-corrected chi connectivity index (χ3v) is 15.1. The summed E-state index contributed by atoms with van der Waals surface area (Å²) in [4.78, 5) is 64.8. The Bertz CT molecular complexity index is 2100. The molecule has 2 N–H and O–H groups in total. The number of nitrogens with zero attached hydrogens (tertiary/aromatic N) is 3. The molecule has 5 aliphatic rings. The number of aryl methyl sites for hydroxylation is 1. The Balaban J connectivity index is 1.21. The second kappa shape index (κ2) is 16.0. The molecule has 1 aromatic carbocycles. The number of ketones is 1. The highest BCUT2D eigenvalue weighted by molar-refractivity contribution is 7.91. The molecule has 316 valence electrons. The van der Waals surface area contributed by atoms with Crippen molar-refractivity contribution in [2.24, 2.45) is 11.3 Å². The number of allylic oxidation sites excluding steroid dienone is 2. The van der Waals surface area contributed by atoms with Crippen LogP contribution in [-0.4, -0.2) is 116 Å². The Kier molecular flexibility index (Phi) is 11.5. The molecule has 0 bridgehead atoms. The predicted molar refractivity (Wildman–Crippen MR) is 215 cm³/mol. The summed E-state index contributed by atoms with van der Waals surface area (Å²) < 4.78 is 51.4. The lowest BCUT2D eigenvalue weighted by Crippen LogP contribution is -2.66. The van der Waals surface area contributed by atoms with Crippen molar-refractivity contribution in [2.75, 3.05) is 40.5 Å². The highest BCUT2D eigenvalue weighted by Crippen LogP contribution is 2.57. The maximum absolute atomic E-state index is 14.8. The second-order valence-corrected chi connectivity index (χ2v) is 19.4. The second-order valence-electron chi connectivity index (χ2n) is 17.2. The van der Waals surface area contributed by atoms with E-state index in [4.69, 9.17) is 23.9 Å². The molecule has 58 heavy (non-hydrogen) atoms. The molecule has 2 saturated carbocycles. The van der Waals surface area contributed by atoms with Crippen LogP contribution >= 0.6 is 0 Å². The van der Waals surface area contributed by atoms with E-state index >= 15 is 0 Å². The van der Waals surface area contributed by atoms with Gasteiger partial charge in [0.25, 0.3) is 0 Å². The van der Waals surface area contributed by atoms with Gasteiger partial charge >= 0.3 is 6.03 Å². The van der Waals surface area contributed by atoms with E-state index < -0.39 is 55.8 Å². The number of ether oxygens (including phenoxy) is 4. The number of sulfonamides is 1. The van der Waals surface area contributed by atoms with E-state index in [1.165, 1.54) is 4.90 Å². The number of Topliss-reactive ketones (excluding diaryl/α,β-unsaturated/α-hetero) is 1. The highest BCUT2D eigenvalue weighted by Gasteiger charge is 2.62. The number of pyridine rings is 1. The van der Waals surface area contributed by atoms with E-state index in [9.17, 15) is 27.6 Å². The molecule has 2 aliphatic carbocycles. The van der Waals surface area contributed by atoms with E-state index in [1.807, 2.05) is 45.1 Å². The van der Waals surface area contributed by atoms with Crippen LogP contribution in [0.2, 0.25) is 0 Å². The van der Waals surface area contributed by atoms with Gasteiger partial charge in [0.2, 0.25) is 27.7 Å². The molecule has 4 fully saturated rings. The number of amides is 4. The van der Waals surface area contributed by atoms with Gasteiger partial charge in [0, 0.05) is 37.0 Å². The van der Waals surface area contributed by atoms with Gasteiger partial charge in [0.05, 0.1) is 55.1 Å². The quantitative estimate of drug-likeness (QED) is 0.320. The molecule has 4 heterocycles. The van der Waals surface area contributed by atoms with Crippen LogP contribution in [0.15, 0.2) is 30.4 Å². The summed E-state index contributed by atoms with van der Waals surface area (Å²) in [6.45, 7) is 8.42. The maximum atomic E-state index is 14.8. The summed E-state index contributed by atoms with van der Waals surface area (Å²) in [5.74, 6) is -0.348. The molecule has 2 aromatic rings. The fourth-order valence-corrected chi connectivity index (χ4v) is 9.97. The first-order valence-electron chi connectivity index (χ1n) is 20.5. The van der Waals surface area contributed by atoms with Crippen molar-refractivity contribution in [1.82, 2.24) is 24.8 Å². The van der Waals surface area contributed by atoms with Gasteiger partial charge in [0.1, 0.15) is 29.2 Å². The first kappa shape index (κ1) is 41.7. The average molecular weight is 824 g/mol. The number of nitrogens with one attached hydrogen (secondary N) is 2. The third-order valence-electron chi connectivity index (χ3n) is 12.9. The molecule has 4 amide bonds. The van der Waals surface area contributed by atoms with E-state index in [0.29, 0.717) is 80.1 Å². The van der Waals surface area contributed by atoms with Crippen LogP contribution in [0.25, 0.3) is 10.9 Å². The van der Waals surface area contributed by atoms with Gasteiger partial charge in [-0.3, -0.25) is 19.1 Å². The van der Waals surface area contributed by atoms with Crippen LogP contribution in [-0.2, 0) is 29.1 Å². The van der Waals surface area contributed by atoms with E-state index in [1.54, 1.807) is 32.1 Å². The molecular formula is C42H57N5O10S. The molecular weight excluding hydrogens is 767 g/mol. The number of methoxy groups -OCH3 is 2. The third kappa shape index (κ3) is 8.10. The van der Waals surface area contributed by atoms with Gasteiger partial charge < -0.3 is 34.1 Å². The zero-order valence-electron chi connectivity index (χ0n) is 34.4. The number of hydrogen-bond acceptors (Lipinski definition) is 11. The molecule has 7 rings (SSSR count). The Morgan fingerprint density at radius 1 is 1.05 bits per heavy atom. The van der Waals surface area contributed by atoms with E-state index in [2.05, 4.69) is 10.0 Å². The zero-order valence-corrected chi connectivity index (χ0v) is 35.2. The number of urea groups is 1. The van der Waals surface area contributed by atoms with Gasteiger partial charge in [0.15, 0.2) is 5.78 Å². The molecule has 0 unspecified atom stereocenters. The number of carbonyl (C=O) groups is 4. The standard InChI is InChI=1S/C42H57N5O10S/c1-7-56-35-20-34(29-15-16-33(54-5)26(2)36(29)44-35)57-28-19-31-32(48)22-42(38(50)45-58(52,53)41(4)17-18-41)21-27(42)13-11-9-8-10-12-14-30(37(49)47(31)23-28)43-39(51)46-24-40(3,25-46)55-6/h11,13,15-16,20,27-28,30-31H,7-10,12,14,17-19,21-25H2,1-6H3,(H,43,51)(H,45,50)/b13-11-/t27-,28+,30-,31-,42+/m0/s1. The smallest absolute Gasteiger partial charge is 0.318 e. The number of benzene rings is 1. The number of rotatable bonds is 10. The minimum Gasteiger partial charge on any atom is -0.496 e. The van der Waals surface area contributed by atoms with Gasteiger partial charge in [-0.1, -0.05) is 25.0 Å². The lowest BCUT2D eigenvalue weighted by Gasteiger charge is -2.47. The fourth-order valence-electron chi connectivity index (χ4n) is 8.64. The first-order chi connectivity index (χ1) is 27.6. The van der Waals surface area contributed by atoms with Crippen molar-refractivity contribution in [3.8, 4) is 17.4 Å². The van der Waals surface area contributed by atoms with Crippen molar-refractivity contribution in [3.63, 3.8) is 0 Å². The van der Waals surface area contributed by atoms with Crippen molar-refractivity contribution in [3.05, 3.63) is 35.9 Å². The fraction of sp³-hybridized carbons (Fsp3) is 0.643. The van der Waals surface area contributed by atoms with Crippen molar-refractivity contribution >= 4 is 44.6 Å². The molecule has 3 aliphatic heterocycles. The number of fused-ring (bicyclic) bond motifs is 3. The van der Waals surface area contributed by atoms with Crippen molar-refractivity contribution < 1.29 is 46.5 Å². The zero-order chi connectivity index (χ0) is 41.6. The van der Waals surface area contributed by atoms with Gasteiger partial charge in [-0.2, -0.15) is 0 Å². The molecule has 2 saturated heterocycles. The first-order valence-corrected chi connectivity index (χ1v) is 22.0. The normalized spacial score (nSPS) is 28.5. The number of carbonyl (C=O) groups excluding carboxylic acids is 4. The lowest BCUT2D eigenvalue weighted by atomic mass is 9.91. The number of aromatic nitrogens is 1. The van der Waals surface area contributed by atoms with Gasteiger partial charge in [-0.15, -0.1) is 0 Å². The minimum absolute atomic E-state index is 0.0330. The molecule has 5 atom stereocenters. The summed E-state index contributed by atoms with van der Waals surface area (Å²) in [6.07, 6.45) is 7.71.